The van der Waals surface area contributed by atoms with Gasteiger partial charge in [0.1, 0.15) is 11.5 Å². The lowest BCUT2D eigenvalue weighted by atomic mass is 9.91. The van der Waals surface area contributed by atoms with E-state index in [0.717, 1.165) is 43.4 Å². The van der Waals surface area contributed by atoms with E-state index in [2.05, 4.69) is 5.10 Å². The molecule has 1 unspecified atom stereocenters. The Kier molecular flexibility index (Phi) is 4.53. The summed E-state index contributed by atoms with van der Waals surface area (Å²) in [6.45, 7) is 3.46. The van der Waals surface area contributed by atoms with E-state index in [1.807, 2.05) is 11.8 Å². The van der Waals surface area contributed by atoms with Gasteiger partial charge in [-0.2, -0.15) is 5.10 Å². The highest BCUT2D eigenvalue weighted by atomic mass is 19.1. The summed E-state index contributed by atoms with van der Waals surface area (Å²) in [4.78, 5) is 15.0. The maximum absolute atomic E-state index is 14.3. The van der Waals surface area contributed by atoms with Gasteiger partial charge in [-0.15, -0.1) is 0 Å². The smallest absolute Gasteiger partial charge is 0.274 e. The third-order valence-electron chi connectivity index (χ3n) is 5.78. The lowest BCUT2D eigenvalue weighted by Gasteiger charge is -2.33. The number of aromatic nitrogens is 2. The molecule has 2 heterocycles. The molecule has 1 atom stereocenters. The lowest BCUT2D eigenvalue weighted by Crippen LogP contribution is -2.42. The zero-order valence-electron chi connectivity index (χ0n) is 15.1. The third-order valence-corrected chi connectivity index (χ3v) is 5.78. The minimum atomic E-state index is -0.318. The molecule has 1 aliphatic heterocycles. The van der Waals surface area contributed by atoms with Crippen molar-refractivity contribution in [1.82, 2.24) is 14.7 Å². The highest BCUT2D eigenvalue weighted by molar-refractivity contribution is 5.94. The summed E-state index contributed by atoms with van der Waals surface area (Å²) >= 11 is 0. The van der Waals surface area contributed by atoms with Crippen molar-refractivity contribution in [2.45, 2.75) is 45.1 Å². The van der Waals surface area contributed by atoms with Gasteiger partial charge < -0.3 is 10.6 Å². The van der Waals surface area contributed by atoms with E-state index < -0.39 is 0 Å². The number of hydrogen-bond acceptors (Lipinski definition) is 3. The first-order valence-corrected chi connectivity index (χ1v) is 9.46. The van der Waals surface area contributed by atoms with Crippen LogP contribution in [0.15, 0.2) is 24.3 Å². The molecule has 4 rings (SSSR count). The van der Waals surface area contributed by atoms with E-state index in [1.54, 1.807) is 22.9 Å². The molecule has 2 aliphatic rings. The van der Waals surface area contributed by atoms with E-state index in [-0.39, 0.29) is 17.8 Å². The molecule has 6 heteroatoms. The van der Waals surface area contributed by atoms with Gasteiger partial charge in [0.25, 0.3) is 5.91 Å². The van der Waals surface area contributed by atoms with Gasteiger partial charge in [-0.1, -0.05) is 12.1 Å². The molecule has 1 saturated heterocycles. The van der Waals surface area contributed by atoms with E-state index in [0.29, 0.717) is 30.4 Å². The second-order valence-electron chi connectivity index (χ2n) is 7.48. The van der Waals surface area contributed by atoms with Crippen molar-refractivity contribution in [2.24, 2.45) is 11.7 Å². The molecule has 1 aromatic carbocycles. The number of rotatable bonds is 3. The van der Waals surface area contributed by atoms with Crippen LogP contribution in [0.25, 0.3) is 5.69 Å². The van der Waals surface area contributed by atoms with Gasteiger partial charge in [0, 0.05) is 30.4 Å². The van der Waals surface area contributed by atoms with Crippen LogP contribution in [-0.4, -0.2) is 39.7 Å². The molecule has 0 bridgehead atoms. The molecule has 0 spiro atoms. The molecule has 1 aliphatic carbocycles. The molecule has 1 aromatic heterocycles. The van der Waals surface area contributed by atoms with Crippen LogP contribution in [0.1, 0.15) is 47.9 Å². The highest BCUT2D eigenvalue weighted by Gasteiger charge is 2.32. The fourth-order valence-electron chi connectivity index (χ4n) is 4.21. The first-order chi connectivity index (χ1) is 12.6. The average Bonchev–Trinajstić information content (AvgIpc) is 3.24. The number of likely N-dealkylation sites (tertiary alicyclic amines) is 1. The molecule has 1 amide bonds. The summed E-state index contributed by atoms with van der Waals surface area (Å²) in [6.07, 6.45) is 4.51. The van der Waals surface area contributed by atoms with Crippen LogP contribution in [0.3, 0.4) is 0 Å². The number of fused-ring (bicyclic) bond motifs is 1. The van der Waals surface area contributed by atoms with Crippen molar-refractivity contribution >= 4 is 5.91 Å². The van der Waals surface area contributed by atoms with Crippen molar-refractivity contribution in [2.75, 3.05) is 13.1 Å². The highest BCUT2D eigenvalue weighted by Crippen LogP contribution is 2.30. The molecule has 1 fully saturated rings. The molecule has 0 radical (unpaired) electrons. The predicted octanol–water partition coefficient (Wildman–Crippen LogP) is 2.70. The molecular weight excluding hydrogens is 331 g/mol. The molecular formula is C20H25FN4O. The normalized spacial score (nSPS) is 18.8. The number of halogens is 1. The first kappa shape index (κ1) is 17.2. The van der Waals surface area contributed by atoms with Crippen LogP contribution in [0, 0.1) is 11.7 Å². The van der Waals surface area contributed by atoms with Gasteiger partial charge in [-0.3, -0.25) is 4.79 Å². The van der Waals surface area contributed by atoms with Crippen LogP contribution in [0.2, 0.25) is 0 Å². The largest absolute Gasteiger partial charge is 0.337 e. The molecule has 0 saturated carbocycles. The number of carbonyl (C=O) groups excluding carboxylic acids is 1. The Labute approximate surface area is 153 Å². The topological polar surface area (TPSA) is 64.2 Å². The Morgan fingerprint density at radius 1 is 1.27 bits per heavy atom. The number of carbonyl (C=O) groups is 1. The van der Waals surface area contributed by atoms with Crippen molar-refractivity contribution in [3.05, 3.63) is 47.0 Å². The predicted molar refractivity (Wildman–Crippen MR) is 97.8 cm³/mol. The SMILES string of the molecule is CC(N)C1CCN(C(=O)c2nn(-c3ccccc3F)c3c2CCC3)CC1. The minimum Gasteiger partial charge on any atom is -0.337 e. The number of nitrogens with zero attached hydrogens (tertiary/aromatic N) is 3. The first-order valence-electron chi connectivity index (χ1n) is 9.46. The Bertz CT molecular complexity index is 821. The number of amides is 1. The van der Waals surface area contributed by atoms with E-state index >= 15 is 0 Å². The third kappa shape index (κ3) is 2.92. The maximum atomic E-state index is 14.3. The fraction of sp³-hybridized carbons (Fsp3) is 0.500. The Hall–Kier alpha value is -2.21. The zero-order valence-corrected chi connectivity index (χ0v) is 15.1. The Balaban J connectivity index is 1.63. The molecule has 2 N–H and O–H groups in total. The number of nitrogens with two attached hydrogens (primary N) is 1. The van der Waals surface area contributed by atoms with Crippen LogP contribution in [0.5, 0.6) is 0 Å². The monoisotopic (exact) mass is 356 g/mol. The summed E-state index contributed by atoms with van der Waals surface area (Å²) in [7, 11) is 0. The summed E-state index contributed by atoms with van der Waals surface area (Å²) in [5.41, 5.74) is 8.89. The quantitative estimate of drug-likeness (QED) is 0.920. The molecule has 138 valence electrons. The summed E-state index contributed by atoms with van der Waals surface area (Å²) in [5.74, 6) is 0.128. The summed E-state index contributed by atoms with van der Waals surface area (Å²) in [6, 6.07) is 6.76. The second kappa shape index (κ2) is 6.83. The lowest BCUT2D eigenvalue weighted by molar-refractivity contribution is 0.0673. The number of piperidine rings is 1. The van der Waals surface area contributed by atoms with Gasteiger partial charge in [-0.05, 0) is 57.1 Å². The summed E-state index contributed by atoms with van der Waals surface area (Å²) in [5, 5.41) is 4.55. The Morgan fingerprint density at radius 3 is 2.69 bits per heavy atom. The average molecular weight is 356 g/mol. The van der Waals surface area contributed by atoms with Crippen molar-refractivity contribution < 1.29 is 9.18 Å². The van der Waals surface area contributed by atoms with E-state index in [9.17, 15) is 9.18 Å². The van der Waals surface area contributed by atoms with Crippen molar-refractivity contribution in [3.8, 4) is 5.69 Å². The van der Waals surface area contributed by atoms with Gasteiger partial charge in [0.05, 0.1) is 0 Å². The van der Waals surface area contributed by atoms with Gasteiger partial charge >= 0.3 is 0 Å². The summed E-state index contributed by atoms with van der Waals surface area (Å²) < 4.78 is 15.9. The number of hydrogen-bond donors (Lipinski definition) is 1. The van der Waals surface area contributed by atoms with Crippen LogP contribution in [-0.2, 0) is 12.8 Å². The number of para-hydroxylation sites is 1. The van der Waals surface area contributed by atoms with Crippen molar-refractivity contribution in [3.63, 3.8) is 0 Å². The van der Waals surface area contributed by atoms with Gasteiger partial charge in [0.2, 0.25) is 0 Å². The van der Waals surface area contributed by atoms with Gasteiger partial charge in [0.15, 0.2) is 5.69 Å². The maximum Gasteiger partial charge on any atom is 0.274 e. The van der Waals surface area contributed by atoms with Gasteiger partial charge in [-0.25, -0.2) is 9.07 Å². The van der Waals surface area contributed by atoms with E-state index in [4.69, 9.17) is 5.73 Å². The standard InChI is InChI=1S/C20H25FN4O/c1-13(22)14-9-11-24(12-10-14)20(26)19-15-5-4-8-17(15)25(23-19)18-7-3-2-6-16(18)21/h2-3,6-7,13-14H,4-5,8-12,22H2,1H3. The molecule has 5 nitrogen and oxygen atoms in total. The van der Waals surface area contributed by atoms with Crippen LogP contribution >= 0.6 is 0 Å². The number of benzene rings is 1. The molecule has 2 aromatic rings. The van der Waals surface area contributed by atoms with Crippen LogP contribution < -0.4 is 5.73 Å². The fourth-order valence-corrected chi connectivity index (χ4v) is 4.21. The zero-order chi connectivity index (χ0) is 18.3. The second-order valence-corrected chi connectivity index (χ2v) is 7.48. The van der Waals surface area contributed by atoms with Crippen LogP contribution in [0.4, 0.5) is 4.39 Å². The van der Waals surface area contributed by atoms with Crippen molar-refractivity contribution in [1.29, 1.82) is 0 Å². The molecule has 26 heavy (non-hydrogen) atoms. The minimum absolute atomic E-state index is 0.0265. The Morgan fingerprint density at radius 2 is 2.00 bits per heavy atom. The van der Waals surface area contributed by atoms with E-state index in [1.165, 1.54) is 6.07 Å².